The highest BCUT2D eigenvalue weighted by Gasteiger charge is 2.30. The number of rotatable bonds is 15. The van der Waals surface area contributed by atoms with Crippen LogP contribution in [0.4, 0.5) is 0 Å². The van der Waals surface area contributed by atoms with E-state index in [9.17, 15) is 5.11 Å². The topological polar surface area (TPSA) is 86.4 Å². The summed E-state index contributed by atoms with van der Waals surface area (Å²) in [6.07, 6.45) is 3.68. The van der Waals surface area contributed by atoms with E-state index in [-0.39, 0.29) is 12.3 Å². The second kappa shape index (κ2) is 14.0. The van der Waals surface area contributed by atoms with E-state index in [1.165, 1.54) is 5.56 Å². The molecule has 1 aromatic rings. The maximum Gasteiger partial charge on any atom is 0.161 e. The molecule has 1 aliphatic rings. The van der Waals surface area contributed by atoms with E-state index in [0.29, 0.717) is 31.5 Å². The highest BCUT2D eigenvalue weighted by atomic mass is 16.5. The Bertz CT molecular complexity index is 657. The molecule has 0 radical (unpaired) electrons. The van der Waals surface area contributed by atoms with Crippen molar-refractivity contribution in [3.05, 3.63) is 23.8 Å². The maximum atomic E-state index is 10.7. The summed E-state index contributed by atoms with van der Waals surface area (Å²) in [7, 11) is 5.09. The van der Waals surface area contributed by atoms with Gasteiger partial charge in [-0.25, -0.2) is 0 Å². The molecule has 1 aromatic carbocycles. The molecule has 0 unspecified atom stereocenters. The van der Waals surface area contributed by atoms with Crippen molar-refractivity contribution < 1.29 is 24.1 Å². The van der Waals surface area contributed by atoms with Crippen LogP contribution in [0.5, 0.6) is 11.5 Å². The summed E-state index contributed by atoms with van der Waals surface area (Å²) in [5.74, 6) is 2.45. The quantitative estimate of drug-likeness (QED) is 0.396. The van der Waals surface area contributed by atoms with Crippen LogP contribution in [0.1, 0.15) is 45.1 Å². The largest absolute Gasteiger partial charge is 0.493 e. The Hall–Kier alpha value is -1.38. The maximum absolute atomic E-state index is 10.7. The number of nitrogens with zero attached hydrogens (tertiary/aromatic N) is 1. The molecule has 1 heterocycles. The van der Waals surface area contributed by atoms with E-state index in [4.69, 9.17) is 24.7 Å². The van der Waals surface area contributed by atoms with Gasteiger partial charge in [-0.15, -0.1) is 0 Å². The summed E-state index contributed by atoms with van der Waals surface area (Å²) in [4.78, 5) is 2.14. The molecule has 3 N–H and O–H groups in total. The van der Waals surface area contributed by atoms with Crippen LogP contribution in [0, 0.1) is 11.8 Å². The minimum atomic E-state index is -0.539. The van der Waals surface area contributed by atoms with Gasteiger partial charge in [-0.3, -0.25) is 4.90 Å². The second-order valence-corrected chi connectivity index (χ2v) is 9.16. The normalized spacial score (nSPS) is 19.8. The summed E-state index contributed by atoms with van der Waals surface area (Å²) >= 11 is 0. The summed E-state index contributed by atoms with van der Waals surface area (Å²) in [5, 5.41) is 10.7. The third kappa shape index (κ3) is 8.19. The van der Waals surface area contributed by atoms with Gasteiger partial charge in [0.1, 0.15) is 0 Å². The predicted octanol–water partition coefficient (Wildman–Crippen LogP) is 3.07. The number of benzene rings is 1. The Balaban J connectivity index is 1.93. The standard InChI is InChI=1S/C25H44N2O5/c1-18(2)20(8-9-22(28)25(26)27-12-11-21(17-27)30-4)15-19-7-10-23(31-5)24(16-19)32-14-6-13-29-3/h7,10,16,18,20-22,25,28H,6,8-9,11-15,17,26H2,1-5H3/t20-,21+,22-,25-/m0/s1. The summed E-state index contributed by atoms with van der Waals surface area (Å²) in [5.41, 5.74) is 7.57. The molecule has 7 nitrogen and oxygen atoms in total. The first-order valence-electron chi connectivity index (χ1n) is 11.9. The zero-order valence-corrected chi connectivity index (χ0v) is 20.6. The first-order chi connectivity index (χ1) is 15.4. The number of ether oxygens (including phenoxy) is 4. The van der Waals surface area contributed by atoms with Crippen molar-refractivity contribution in [2.75, 3.05) is 47.6 Å². The van der Waals surface area contributed by atoms with E-state index in [0.717, 1.165) is 50.3 Å². The molecular formula is C25H44N2O5. The van der Waals surface area contributed by atoms with Crippen LogP contribution in [0.2, 0.25) is 0 Å². The van der Waals surface area contributed by atoms with Gasteiger partial charge in [0.15, 0.2) is 11.5 Å². The van der Waals surface area contributed by atoms with E-state index < -0.39 is 6.10 Å². The number of nitrogens with two attached hydrogens (primary N) is 1. The molecule has 0 bridgehead atoms. The minimum absolute atomic E-state index is 0.220. The smallest absolute Gasteiger partial charge is 0.161 e. The molecule has 2 rings (SSSR count). The van der Waals surface area contributed by atoms with Crippen LogP contribution in [0.15, 0.2) is 18.2 Å². The Kier molecular flexibility index (Phi) is 11.8. The van der Waals surface area contributed by atoms with Gasteiger partial charge >= 0.3 is 0 Å². The number of hydrogen-bond donors (Lipinski definition) is 2. The Morgan fingerprint density at radius 3 is 2.53 bits per heavy atom. The SMILES string of the molecule is COCCCOc1cc(C[C@H](CC[C@H](O)[C@@H](N)N2CC[C@@H](OC)C2)C(C)C)ccc1OC. The third-order valence-corrected chi connectivity index (χ3v) is 6.58. The van der Waals surface area contributed by atoms with Crippen LogP contribution >= 0.6 is 0 Å². The summed E-state index contributed by atoms with van der Waals surface area (Å²) in [6, 6.07) is 6.16. The van der Waals surface area contributed by atoms with Gasteiger partial charge in [-0.2, -0.15) is 0 Å². The number of likely N-dealkylation sites (tertiary alicyclic amines) is 1. The molecule has 0 aliphatic carbocycles. The van der Waals surface area contributed by atoms with Crippen molar-refractivity contribution in [1.29, 1.82) is 0 Å². The molecule has 0 aromatic heterocycles. The molecule has 32 heavy (non-hydrogen) atoms. The van der Waals surface area contributed by atoms with Crippen molar-refractivity contribution in [1.82, 2.24) is 4.90 Å². The summed E-state index contributed by atoms with van der Waals surface area (Å²) in [6.45, 7) is 7.42. The van der Waals surface area contributed by atoms with Crippen LogP contribution in [-0.2, 0) is 15.9 Å². The van der Waals surface area contributed by atoms with Gasteiger partial charge in [-0.1, -0.05) is 19.9 Å². The molecular weight excluding hydrogens is 408 g/mol. The second-order valence-electron chi connectivity index (χ2n) is 9.16. The van der Waals surface area contributed by atoms with Crippen molar-refractivity contribution >= 4 is 0 Å². The van der Waals surface area contributed by atoms with E-state index in [2.05, 4.69) is 30.9 Å². The van der Waals surface area contributed by atoms with Gasteiger partial charge in [0.05, 0.1) is 32.1 Å². The van der Waals surface area contributed by atoms with Gasteiger partial charge in [0.2, 0.25) is 0 Å². The number of hydrogen-bond acceptors (Lipinski definition) is 7. The fourth-order valence-electron chi connectivity index (χ4n) is 4.34. The van der Waals surface area contributed by atoms with E-state index in [1.807, 2.05) is 6.07 Å². The van der Waals surface area contributed by atoms with Crippen molar-refractivity contribution in [3.8, 4) is 11.5 Å². The molecule has 1 fully saturated rings. The Labute approximate surface area is 194 Å². The third-order valence-electron chi connectivity index (χ3n) is 6.58. The molecule has 4 atom stereocenters. The lowest BCUT2D eigenvalue weighted by Crippen LogP contribution is -2.49. The van der Waals surface area contributed by atoms with Gasteiger partial charge in [0, 0.05) is 40.3 Å². The monoisotopic (exact) mass is 452 g/mol. The van der Waals surface area contributed by atoms with E-state index in [1.54, 1.807) is 21.3 Å². The lowest BCUT2D eigenvalue weighted by molar-refractivity contribution is 0.0397. The highest BCUT2D eigenvalue weighted by molar-refractivity contribution is 5.43. The average molecular weight is 453 g/mol. The van der Waals surface area contributed by atoms with Gasteiger partial charge in [0.25, 0.3) is 0 Å². The van der Waals surface area contributed by atoms with Crippen LogP contribution in [0.25, 0.3) is 0 Å². The molecule has 0 spiro atoms. The fraction of sp³-hybridized carbons (Fsp3) is 0.760. The van der Waals surface area contributed by atoms with Crippen LogP contribution in [-0.4, -0.2) is 76.0 Å². The van der Waals surface area contributed by atoms with Gasteiger partial charge < -0.3 is 29.8 Å². The molecule has 7 heteroatoms. The molecule has 0 saturated carbocycles. The number of aliphatic hydroxyl groups is 1. The van der Waals surface area contributed by atoms with Crippen molar-refractivity contribution in [3.63, 3.8) is 0 Å². The van der Waals surface area contributed by atoms with Gasteiger partial charge in [-0.05, 0) is 55.2 Å². The average Bonchev–Trinajstić information content (AvgIpc) is 3.28. The molecule has 1 aliphatic heterocycles. The molecule has 1 saturated heterocycles. The van der Waals surface area contributed by atoms with Crippen LogP contribution in [0.3, 0.4) is 0 Å². The number of methoxy groups -OCH3 is 3. The number of aliphatic hydroxyl groups excluding tert-OH is 1. The van der Waals surface area contributed by atoms with E-state index >= 15 is 0 Å². The molecule has 184 valence electrons. The lowest BCUT2D eigenvalue weighted by Gasteiger charge is -2.30. The fourth-order valence-corrected chi connectivity index (χ4v) is 4.34. The Morgan fingerprint density at radius 2 is 1.91 bits per heavy atom. The van der Waals surface area contributed by atoms with Crippen molar-refractivity contribution in [2.45, 2.75) is 64.3 Å². The van der Waals surface area contributed by atoms with Crippen molar-refractivity contribution in [2.24, 2.45) is 17.6 Å². The lowest BCUT2D eigenvalue weighted by atomic mass is 9.84. The summed E-state index contributed by atoms with van der Waals surface area (Å²) < 4.78 is 21.9. The zero-order chi connectivity index (χ0) is 23.5. The first-order valence-corrected chi connectivity index (χ1v) is 11.9. The molecule has 0 amide bonds. The highest BCUT2D eigenvalue weighted by Crippen LogP contribution is 2.31. The zero-order valence-electron chi connectivity index (χ0n) is 20.6. The van der Waals surface area contributed by atoms with Crippen LogP contribution < -0.4 is 15.2 Å². The predicted molar refractivity (Wildman–Crippen MR) is 127 cm³/mol. The Morgan fingerprint density at radius 1 is 1.12 bits per heavy atom. The minimum Gasteiger partial charge on any atom is -0.493 e. The first kappa shape index (κ1) is 26.9.